The third-order valence-corrected chi connectivity index (χ3v) is 15.3. The molecule has 57 heavy (non-hydrogen) atoms. The molecule has 0 aromatic heterocycles. The summed E-state index contributed by atoms with van der Waals surface area (Å²) in [7, 11) is 0. The Morgan fingerprint density at radius 1 is 0.351 bits per heavy atom. The van der Waals surface area contributed by atoms with Crippen molar-refractivity contribution in [3.05, 3.63) is 142 Å². The van der Waals surface area contributed by atoms with Crippen LogP contribution in [-0.4, -0.2) is 0 Å². The Balaban J connectivity index is 0.00000549. The summed E-state index contributed by atoms with van der Waals surface area (Å²) in [6.45, 7) is 46.9. The van der Waals surface area contributed by atoms with Crippen LogP contribution in [0, 0.1) is 131 Å². The molecule has 0 N–H and O–H groups in total. The Hall–Kier alpha value is -5.62. The molecular weight excluding hydrogens is 942 g/mol. The maximum Gasteiger partial charge on any atom is 0.0526 e. The molecule has 0 aliphatic heterocycles. The molecule has 0 saturated heterocycles. The molecule has 1 aliphatic carbocycles. The second-order valence-corrected chi connectivity index (χ2v) is 18.2. The maximum atomic E-state index is 3.75. The molecule has 292 valence electrons. The molecule has 6 aromatic carbocycles. The van der Waals surface area contributed by atoms with E-state index in [1.165, 1.54) is 161 Å². The molecule has 0 atom stereocenters. The zero-order valence-electron chi connectivity index (χ0n) is 39.0. The fourth-order valence-electron chi connectivity index (χ4n) is 11.1. The van der Waals surface area contributed by atoms with Gasteiger partial charge in [0.05, 0.1) is 17.1 Å². The fraction of sp³-hybridized carbons (Fsp3) is 0.382. The first kappa shape index (κ1) is 41.0. The van der Waals surface area contributed by atoms with Crippen LogP contribution in [0.1, 0.15) is 125 Å². The number of aryl methyl sites for hydroxylation is 2. The zero-order valence-corrected chi connectivity index (χ0v) is 45.4. The SMILES string of the molecule is Cc1[c-]c(C)c2c(c1C)-c1c(c(C)c(-c3c(C)c(C)c(N(c4c(C)c(C)c(C)c(C)c4C)c4c(C)c(C)c(C)c(C)c4C)c(C)c3C)c3ccccc13)C2(C)C.[Rf]. The van der Waals surface area contributed by atoms with Gasteiger partial charge in [-0.1, -0.05) is 58.9 Å². The van der Waals surface area contributed by atoms with Crippen molar-refractivity contribution >= 4 is 27.8 Å². The van der Waals surface area contributed by atoms with Crippen molar-refractivity contribution in [1.82, 2.24) is 0 Å². The van der Waals surface area contributed by atoms with Crippen molar-refractivity contribution in [1.29, 1.82) is 0 Å². The molecular formula is C55H64NRf-. The molecule has 0 amide bonds. The van der Waals surface area contributed by atoms with Crippen LogP contribution < -0.4 is 4.90 Å². The Bertz CT molecular complexity index is 2580. The van der Waals surface area contributed by atoms with Crippen LogP contribution in [0.15, 0.2) is 24.3 Å². The Labute approximate surface area is 339 Å². The monoisotopic (exact) mass is 1010 g/mol. The summed E-state index contributed by atoms with van der Waals surface area (Å²) in [6, 6.07) is 13.0. The van der Waals surface area contributed by atoms with Crippen molar-refractivity contribution in [2.45, 2.75) is 144 Å². The van der Waals surface area contributed by atoms with Gasteiger partial charge in [0.25, 0.3) is 0 Å². The minimum atomic E-state index is -0.151. The van der Waals surface area contributed by atoms with Crippen LogP contribution in [0.3, 0.4) is 0 Å². The van der Waals surface area contributed by atoms with E-state index in [0.717, 1.165) is 0 Å². The number of rotatable bonds is 4. The largest absolute Gasteiger partial charge is 0.309 e. The average Bonchev–Trinajstić information content (AvgIpc) is 3.42. The van der Waals surface area contributed by atoms with Gasteiger partial charge in [-0.2, -0.15) is 17.2 Å². The number of hydrogen-bond acceptors (Lipinski definition) is 1. The number of hydrogen-bond donors (Lipinski definition) is 0. The van der Waals surface area contributed by atoms with Crippen molar-refractivity contribution < 1.29 is 0 Å². The maximum absolute atomic E-state index is 3.75. The predicted molar refractivity (Wildman–Crippen MR) is 246 cm³/mol. The molecule has 7 rings (SSSR count). The Kier molecular flexibility index (Phi) is 9.72. The predicted octanol–water partition coefficient (Wildman–Crippen LogP) is 15.6. The molecule has 0 bridgehead atoms. The molecule has 0 fully saturated rings. The van der Waals surface area contributed by atoms with Gasteiger partial charge in [-0.15, -0.1) is 16.7 Å². The van der Waals surface area contributed by atoms with Crippen LogP contribution in [0.25, 0.3) is 33.0 Å². The van der Waals surface area contributed by atoms with Gasteiger partial charge in [-0.3, -0.25) is 0 Å². The first-order chi connectivity index (χ1) is 26.1. The van der Waals surface area contributed by atoms with E-state index in [9.17, 15) is 0 Å². The molecule has 6 aromatic rings. The van der Waals surface area contributed by atoms with Crippen LogP contribution >= 0.6 is 0 Å². The van der Waals surface area contributed by atoms with Gasteiger partial charge in [0.15, 0.2) is 0 Å². The first-order valence-corrected chi connectivity index (χ1v) is 20.7. The zero-order chi connectivity index (χ0) is 41.4. The van der Waals surface area contributed by atoms with Gasteiger partial charge in [0.2, 0.25) is 0 Å². The van der Waals surface area contributed by atoms with E-state index in [2.05, 4.69) is 174 Å². The number of benzene rings is 6. The summed E-state index contributed by atoms with van der Waals surface area (Å²) >= 11 is 0. The summed E-state index contributed by atoms with van der Waals surface area (Å²) in [5.41, 5.74) is 36.8. The minimum Gasteiger partial charge on any atom is -0.309 e. The van der Waals surface area contributed by atoms with Crippen LogP contribution in [0.5, 0.6) is 0 Å². The van der Waals surface area contributed by atoms with E-state index < -0.39 is 0 Å². The average molecular weight is 1010 g/mol. The van der Waals surface area contributed by atoms with E-state index in [1.807, 2.05) is 0 Å². The summed E-state index contributed by atoms with van der Waals surface area (Å²) < 4.78 is 0. The number of fused-ring (bicyclic) bond motifs is 5. The topological polar surface area (TPSA) is 3.24 Å². The fourth-order valence-corrected chi connectivity index (χ4v) is 11.1. The smallest absolute Gasteiger partial charge is 0.0526 e. The molecule has 1 nitrogen and oxygen atoms in total. The Morgan fingerprint density at radius 2 is 0.702 bits per heavy atom. The normalized spacial score (nSPS) is 12.9. The van der Waals surface area contributed by atoms with Gasteiger partial charge in [-0.25, -0.2) is 0 Å². The van der Waals surface area contributed by atoms with Gasteiger partial charge < -0.3 is 4.90 Å². The molecule has 0 heterocycles. The molecule has 1 aliphatic rings. The minimum absolute atomic E-state index is 0. The van der Waals surface area contributed by atoms with Gasteiger partial charge >= 0.3 is 0 Å². The van der Waals surface area contributed by atoms with Gasteiger partial charge in [0, 0.05) is 0 Å². The molecule has 0 saturated carbocycles. The van der Waals surface area contributed by atoms with Crippen molar-refractivity contribution in [3.8, 4) is 22.3 Å². The number of nitrogens with zero attached hydrogens (tertiary/aromatic N) is 1. The summed E-state index contributed by atoms with van der Waals surface area (Å²) in [5.74, 6) is 0. The van der Waals surface area contributed by atoms with E-state index in [4.69, 9.17) is 0 Å². The third kappa shape index (κ3) is 5.28. The van der Waals surface area contributed by atoms with Crippen LogP contribution in [0.4, 0.5) is 17.1 Å². The third-order valence-electron chi connectivity index (χ3n) is 15.3. The second-order valence-electron chi connectivity index (χ2n) is 18.2. The Morgan fingerprint density at radius 3 is 1.11 bits per heavy atom. The molecule has 0 unspecified atom stereocenters. The second kappa shape index (κ2) is 13.5. The first-order valence-electron chi connectivity index (χ1n) is 20.7. The number of anilines is 3. The van der Waals surface area contributed by atoms with E-state index in [-0.39, 0.29) is 5.41 Å². The molecule has 0 spiro atoms. The van der Waals surface area contributed by atoms with Crippen LogP contribution in [-0.2, 0) is 5.41 Å². The van der Waals surface area contributed by atoms with E-state index >= 15 is 0 Å². The summed E-state index contributed by atoms with van der Waals surface area (Å²) in [5, 5.41) is 2.70. The van der Waals surface area contributed by atoms with E-state index in [1.54, 1.807) is 0 Å². The van der Waals surface area contributed by atoms with Crippen molar-refractivity contribution in [2.75, 3.05) is 4.90 Å². The molecule has 0 radical (unpaired) electrons. The van der Waals surface area contributed by atoms with Gasteiger partial charge in [-0.05, 0) is 226 Å². The van der Waals surface area contributed by atoms with Gasteiger partial charge in [0.1, 0.15) is 0 Å². The summed E-state index contributed by atoms with van der Waals surface area (Å²) in [6.07, 6.45) is 0. The van der Waals surface area contributed by atoms with Crippen molar-refractivity contribution in [2.24, 2.45) is 0 Å². The summed E-state index contributed by atoms with van der Waals surface area (Å²) in [4.78, 5) is 2.69. The van der Waals surface area contributed by atoms with E-state index in [0.29, 0.717) is 0 Å². The standard InChI is InChI=1S/C55H64N.Rf/c1-26-25-27(2)50-48(28(26)3)49-45-24-22-21-23-44(45)47(43(18)51(49)55(50,19)20)46-35(10)41(16)54(42(17)36(46)11)56(52-37(12)31(6)29(4)32(7)38(52)13)53-39(14)33(8)30(5)34(9)40(53)15;/h21-24H,1-20H3;/q-1;. The molecule has 2 heteroatoms. The quantitative estimate of drug-likeness (QED) is 0.159. The van der Waals surface area contributed by atoms with Crippen molar-refractivity contribution in [3.63, 3.8) is 0 Å². The van der Waals surface area contributed by atoms with Crippen LogP contribution in [0.2, 0.25) is 0 Å².